The van der Waals surface area contributed by atoms with Gasteiger partial charge in [0.05, 0.1) is 25.3 Å². The molecule has 13 heavy (non-hydrogen) atoms. The van der Waals surface area contributed by atoms with Gasteiger partial charge in [-0.05, 0) is 4.93 Å². The topological polar surface area (TPSA) is 31.2 Å². The fraction of sp³-hybridized carbons (Fsp3) is 0.500. The highest BCUT2D eigenvalue weighted by Gasteiger charge is 2.16. The number of halogens is 1. The van der Waals surface area contributed by atoms with Crippen molar-refractivity contribution < 1.29 is 0 Å². The molecule has 0 radical (unpaired) electrons. The van der Waals surface area contributed by atoms with Gasteiger partial charge in [0.25, 0.3) is 0 Å². The van der Waals surface area contributed by atoms with Crippen LogP contribution < -0.4 is 0 Å². The van der Waals surface area contributed by atoms with Crippen LogP contribution in [0.15, 0.2) is 22.3 Å². The zero-order valence-electron chi connectivity index (χ0n) is 7.65. The molecule has 4 nitrogen and oxygen atoms in total. The molecule has 0 saturated carbocycles. The SMILES string of the molecule is C=C1CN(N2C=NCC2)C=N1.CI. The van der Waals surface area contributed by atoms with Gasteiger partial charge in [0.2, 0.25) is 0 Å². The normalized spacial score (nSPS) is 19.4. The second-order valence-electron chi connectivity index (χ2n) is 2.59. The van der Waals surface area contributed by atoms with Crippen molar-refractivity contribution in [3.8, 4) is 0 Å². The molecule has 2 aliphatic heterocycles. The molecule has 5 heteroatoms. The van der Waals surface area contributed by atoms with Crippen LogP contribution in [0.5, 0.6) is 0 Å². The monoisotopic (exact) mass is 292 g/mol. The quantitative estimate of drug-likeness (QED) is 0.536. The number of rotatable bonds is 1. The second kappa shape index (κ2) is 5.21. The minimum absolute atomic E-state index is 0.798. The number of hydrogen-bond acceptors (Lipinski definition) is 4. The van der Waals surface area contributed by atoms with Crippen molar-refractivity contribution in [1.82, 2.24) is 10.0 Å². The summed E-state index contributed by atoms with van der Waals surface area (Å²) >= 11 is 2.15. The van der Waals surface area contributed by atoms with Crippen molar-refractivity contribution >= 4 is 35.3 Å². The first-order valence-electron chi connectivity index (χ1n) is 3.99. The molecule has 0 aromatic carbocycles. The Morgan fingerprint density at radius 2 is 2.15 bits per heavy atom. The number of aliphatic imine (C=N–C) groups is 2. The summed E-state index contributed by atoms with van der Waals surface area (Å²) in [6.45, 7) is 6.41. The van der Waals surface area contributed by atoms with Crippen molar-refractivity contribution in [2.75, 3.05) is 24.6 Å². The highest BCUT2D eigenvalue weighted by molar-refractivity contribution is 14.1. The van der Waals surface area contributed by atoms with E-state index < -0.39 is 0 Å². The van der Waals surface area contributed by atoms with Crippen LogP contribution in [-0.2, 0) is 0 Å². The summed E-state index contributed by atoms with van der Waals surface area (Å²) in [5.74, 6) is 0. The lowest BCUT2D eigenvalue weighted by atomic mass is 10.5. The zero-order chi connectivity index (χ0) is 9.68. The molecule has 2 rings (SSSR count). The van der Waals surface area contributed by atoms with Crippen LogP contribution in [0.2, 0.25) is 0 Å². The zero-order valence-corrected chi connectivity index (χ0v) is 9.81. The molecule has 0 atom stereocenters. The van der Waals surface area contributed by atoms with E-state index in [1.165, 1.54) is 0 Å². The van der Waals surface area contributed by atoms with Gasteiger partial charge in [-0.25, -0.2) is 4.99 Å². The average molecular weight is 292 g/mol. The number of hydrazine groups is 1. The van der Waals surface area contributed by atoms with E-state index in [0.717, 1.165) is 25.3 Å². The smallest absolute Gasteiger partial charge is 0.110 e. The molecule has 0 aromatic heterocycles. The van der Waals surface area contributed by atoms with Crippen LogP contribution in [0.3, 0.4) is 0 Å². The molecule has 2 heterocycles. The Morgan fingerprint density at radius 3 is 2.62 bits per heavy atom. The van der Waals surface area contributed by atoms with Crippen LogP contribution in [-0.4, -0.2) is 47.3 Å². The van der Waals surface area contributed by atoms with E-state index in [4.69, 9.17) is 0 Å². The highest BCUT2D eigenvalue weighted by atomic mass is 127. The summed E-state index contributed by atoms with van der Waals surface area (Å²) in [6.07, 6.45) is 3.63. The third kappa shape index (κ3) is 2.68. The molecule has 0 bridgehead atoms. The highest BCUT2D eigenvalue weighted by Crippen LogP contribution is 2.08. The summed E-state index contributed by atoms with van der Waals surface area (Å²) in [5.41, 5.74) is 0.908. The standard InChI is InChI=1S/C7H10N4.CH3I/c1-7-4-11(6-9-7)10-3-2-8-5-10;1-2/h5-6H,1-4H2;1H3. The van der Waals surface area contributed by atoms with Crippen LogP contribution >= 0.6 is 22.6 Å². The molecule has 2 aliphatic rings. The van der Waals surface area contributed by atoms with E-state index in [1.54, 1.807) is 6.34 Å². The van der Waals surface area contributed by atoms with Gasteiger partial charge in [-0.1, -0.05) is 29.2 Å². The summed E-state index contributed by atoms with van der Waals surface area (Å²) in [4.78, 5) is 10.1. The summed E-state index contributed by atoms with van der Waals surface area (Å²) in [6, 6.07) is 0. The molecule has 0 amide bonds. The van der Waals surface area contributed by atoms with E-state index >= 15 is 0 Å². The van der Waals surface area contributed by atoms with E-state index in [1.807, 2.05) is 21.3 Å². The Kier molecular flexibility index (Phi) is 4.20. The number of nitrogens with zero attached hydrogens (tertiary/aromatic N) is 4. The second-order valence-corrected chi connectivity index (χ2v) is 2.59. The predicted molar refractivity (Wildman–Crippen MR) is 64.3 cm³/mol. The van der Waals surface area contributed by atoms with E-state index in [0.29, 0.717) is 0 Å². The van der Waals surface area contributed by atoms with Crippen LogP contribution in [0.1, 0.15) is 0 Å². The fourth-order valence-corrected chi connectivity index (χ4v) is 1.14. The Labute approximate surface area is 92.1 Å². The van der Waals surface area contributed by atoms with Gasteiger partial charge < -0.3 is 0 Å². The van der Waals surface area contributed by atoms with Crippen molar-refractivity contribution in [2.24, 2.45) is 9.98 Å². The van der Waals surface area contributed by atoms with E-state index in [9.17, 15) is 0 Å². The summed E-state index contributed by atoms with van der Waals surface area (Å²) in [5, 5.41) is 4.06. The third-order valence-electron chi connectivity index (χ3n) is 1.72. The maximum Gasteiger partial charge on any atom is 0.110 e. The van der Waals surface area contributed by atoms with Crippen LogP contribution in [0.4, 0.5) is 0 Å². The Morgan fingerprint density at radius 1 is 1.38 bits per heavy atom. The fourth-order valence-electron chi connectivity index (χ4n) is 1.14. The Bertz CT molecular complexity index is 236. The van der Waals surface area contributed by atoms with Gasteiger partial charge in [0.15, 0.2) is 0 Å². The molecule has 0 aliphatic carbocycles. The largest absolute Gasteiger partial charge is 0.272 e. The molecule has 72 valence electrons. The van der Waals surface area contributed by atoms with Gasteiger partial charge in [0.1, 0.15) is 12.7 Å². The Hall–Kier alpha value is -0.590. The first-order valence-corrected chi connectivity index (χ1v) is 6.15. The number of hydrogen-bond donors (Lipinski definition) is 0. The maximum absolute atomic E-state index is 4.10. The molecule has 0 aromatic rings. The van der Waals surface area contributed by atoms with Gasteiger partial charge in [0, 0.05) is 0 Å². The lowest BCUT2D eigenvalue weighted by Gasteiger charge is -2.24. The molecule has 0 unspecified atom stereocenters. The molecule has 0 N–H and O–H groups in total. The molecule has 0 saturated heterocycles. The summed E-state index contributed by atoms with van der Waals surface area (Å²) in [7, 11) is 0. The summed E-state index contributed by atoms with van der Waals surface area (Å²) < 4.78 is 0. The van der Waals surface area contributed by atoms with E-state index in [-0.39, 0.29) is 0 Å². The minimum atomic E-state index is 0.798. The molecule has 0 fully saturated rings. The maximum atomic E-state index is 4.10. The van der Waals surface area contributed by atoms with E-state index in [2.05, 4.69) is 39.2 Å². The lowest BCUT2D eigenvalue weighted by Crippen LogP contribution is -2.38. The number of alkyl halides is 1. The van der Waals surface area contributed by atoms with Gasteiger partial charge in [-0.15, -0.1) is 0 Å². The molecular formula is C8H13IN4. The lowest BCUT2D eigenvalue weighted by molar-refractivity contribution is 0.182. The third-order valence-corrected chi connectivity index (χ3v) is 1.72. The van der Waals surface area contributed by atoms with Gasteiger partial charge in [-0.3, -0.25) is 15.0 Å². The first kappa shape index (κ1) is 10.5. The van der Waals surface area contributed by atoms with Gasteiger partial charge >= 0.3 is 0 Å². The van der Waals surface area contributed by atoms with Crippen molar-refractivity contribution in [3.05, 3.63) is 12.3 Å². The van der Waals surface area contributed by atoms with Crippen LogP contribution in [0, 0.1) is 0 Å². The van der Waals surface area contributed by atoms with Crippen molar-refractivity contribution in [3.63, 3.8) is 0 Å². The Balaban J connectivity index is 0.000000396. The average Bonchev–Trinajstić information content (AvgIpc) is 2.77. The van der Waals surface area contributed by atoms with Crippen molar-refractivity contribution in [1.29, 1.82) is 0 Å². The predicted octanol–water partition coefficient (Wildman–Crippen LogP) is 1.15. The van der Waals surface area contributed by atoms with Crippen LogP contribution in [0.25, 0.3) is 0 Å². The minimum Gasteiger partial charge on any atom is -0.272 e. The molecular weight excluding hydrogens is 279 g/mol. The van der Waals surface area contributed by atoms with Crippen molar-refractivity contribution in [2.45, 2.75) is 0 Å². The molecule has 0 spiro atoms. The van der Waals surface area contributed by atoms with Gasteiger partial charge in [-0.2, -0.15) is 0 Å². The first-order chi connectivity index (χ1) is 6.36.